The number of hydrogen-bond acceptors (Lipinski definition) is 6. The average Bonchev–Trinajstić information content (AvgIpc) is 3.39. The molecule has 1 saturated heterocycles. The minimum atomic E-state index is -1.27. The van der Waals surface area contributed by atoms with Gasteiger partial charge < -0.3 is 30.5 Å². The van der Waals surface area contributed by atoms with E-state index in [4.69, 9.17) is 15.2 Å². The van der Waals surface area contributed by atoms with Crippen LogP contribution in [0.2, 0.25) is 0 Å². The van der Waals surface area contributed by atoms with Gasteiger partial charge in [-0.15, -0.1) is 0 Å². The molecule has 0 radical (unpaired) electrons. The van der Waals surface area contributed by atoms with Gasteiger partial charge in [0, 0.05) is 43.1 Å². The largest absolute Gasteiger partial charge is 0.456 e. The molecule has 0 bridgehead atoms. The fraction of sp³-hybridized carbons (Fsp3) is 0.548. The molecule has 4 rings (SSSR count). The number of rotatable bonds is 9. The summed E-state index contributed by atoms with van der Waals surface area (Å²) in [6, 6.07) is 13.7. The topological polar surface area (TPSA) is 114 Å². The third-order valence-corrected chi connectivity index (χ3v) is 8.39. The molecule has 0 spiro atoms. The standard InChI is InChI=1S/C31H43N3O5/c1-21-9-6-10-22(2)28(21)39-27-13-5-4-12-26(27)31(37,16-8-17-33-30(36)38-3)24-11-7-18-34(20-24)29(35)23-14-15-25(32)19-23/h4-6,9-10,12-13,23-25,37H,7-8,11,14-20,32H2,1-3H3,(H,33,36)/t23-,24?,25-,31+/m1/s1. The van der Waals surface area contributed by atoms with Gasteiger partial charge in [0.2, 0.25) is 5.91 Å². The Morgan fingerprint density at radius 2 is 1.85 bits per heavy atom. The van der Waals surface area contributed by atoms with Crippen LogP contribution in [0.3, 0.4) is 0 Å². The highest BCUT2D eigenvalue weighted by atomic mass is 16.5. The molecule has 1 saturated carbocycles. The average molecular weight is 538 g/mol. The van der Waals surface area contributed by atoms with Crippen LogP contribution in [-0.4, -0.2) is 54.8 Å². The number of carbonyl (C=O) groups is 2. The number of piperidine rings is 1. The number of methoxy groups -OCH3 is 1. The normalized spacial score (nSPS) is 22.7. The van der Waals surface area contributed by atoms with Gasteiger partial charge in [-0.1, -0.05) is 36.4 Å². The van der Waals surface area contributed by atoms with Gasteiger partial charge in [0.25, 0.3) is 0 Å². The molecule has 1 heterocycles. The van der Waals surface area contributed by atoms with Crippen LogP contribution in [0, 0.1) is 25.7 Å². The summed E-state index contributed by atoms with van der Waals surface area (Å²) in [6.07, 6.45) is 4.48. The first kappa shape index (κ1) is 28.9. The number of aliphatic hydroxyl groups is 1. The number of carbonyl (C=O) groups excluding carboxylic acids is 2. The molecule has 1 aliphatic heterocycles. The Morgan fingerprint density at radius 3 is 2.54 bits per heavy atom. The number of nitrogens with zero attached hydrogens (tertiary/aromatic N) is 1. The van der Waals surface area contributed by atoms with Gasteiger partial charge in [-0.2, -0.15) is 0 Å². The van der Waals surface area contributed by atoms with Crippen LogP contribution >= 0.6 is 0 Å². The number of nitrogens with one attached hydrogen (secondary N) is 1. The minimum absolute atomic E-state index is 0.0317. The first-order chi connectivity index (χ1) is 18.7. The number of amides is 2. The van der Waals surface area contributed by atoms with Gasteiger partial charge in [0.1, 0.15) is 11.5 Å². The Hall–Kier alpha value is -3.10. The lowest BCUT2D eigenvalue weighted by Crippen LogP contribution is -2.49. The zero-order valence-electron chi connectivity index (χ0n) is 23.4. The highest BCUT2D eigenvalue weighted by molar-refractivity contribution is 5.79. The molecule has 0 aromatic heterocycles. The molecule has 4 N–H and O–H groups in total. The zero-order chi connectivity index (χ0) is 28.0. The molecule has 2 fully saturated rings. The van der Waals surface area contributed by atoms with Crippen molar-refractivity contribution in [2.24, 2.45) is 17.6 Å². The van der Waals surface area contributed by atoms with Crippen molar-refractivity contribution in [3.63, 3.8) is 0 Å². The summed E-state index contributed by atoms with van der Waals surface area (Å²) < 4.78 is 11.2. The monoisotopic (exact) mass is 537 g/mol. The van der Waals surface area contributed by atoms with E-state index in [9.17, 15) is 14.7 Å². The number of para-hydroxylation sites is 2. The van der Waals surface area contributed by atoms with E-state index in [-0.39, 0.29) is 23.8 Å². The summed E-state index contributed by atoms with van der Waals surface area (Å²) in [4.78, 5) is 27.0. The predicted octanol–water partition coefficient (Wildman–Crippen LogP) is 4.79. The lowest BCUT2D eigenvalue weighted by molar-refractivity contribution is -0.141. The Bertz CT molecular complexity index is 1130. The fourth-order valence-electron chi connectivity index (χ4n) is 6.23. The molecular weight excluding hydrogens is 494 g/mol. The van der Waals surface area contributed by atoms with E-state index in [1.54, 1.807) is 0 Å². The molecule has 2 amide bonds. The van der Waals surface area contributed by atoms with E-state index >= 15 is 0 Å². The van der Waals surface area contributed by atoms with Gasteiger partial charge in [-0.05, 0) is 76.0 Å². The van der Waals surface area contributed by atoms with E-state index in [1.807, 2.05) is 61.2 Å². The summed E-state index contributed by atoms with van der Waals surface area (Å²) in [5, 5.41) is 15.3. The second-order valence-corrected chi connectivity index (χ2v) is 11.2. The van der Waals surface area contributed by atoms with Crippen LogP contribution in [0.25, 0.3) is 0 Å². The predicted molar refractivity (Wildman–Crippen MR) is 151 cm³/mol. The van der Waals surface area contributed by atoms with E-state index in [0.29, 0.717) is 43.8 Å². The Kier molecular flexibility index (Phi) is 9.51. The fourth-order valence-corrected chi connectivity index (χ4v) is 6.23. The first-order valence-corrected chi connectivity index (χ1v) is 14.1. The van der Waals surface area contributed by atoms with Crippen molar-refractivity contribution in [1.82, 2.24) is 10.2 Å². The summed E-state index contributed by atoms with van der Waals surface area (Å²) in [6.45, 7) is 5.55. The number of nitrogens with two attached hydrogens (primary N) is 1. The van der Waals surface area contributed by atoms with Crippen LogP contribution < -0.4 is 15.8 Å². The maximum Gasteiger partial charge on any atom is 0.406 e. The SMILES string of the molecule is COC(=O)NCCC[C@@](O)(c1ccccc1Oc1c(C)cccc1C)C1CCCN(C(=O)[C@@H]2CC[C@@H](N)C2)C1. The van der Waals surface area contributed by atoms with Gasteiger partial charge in [0.15, 0.2) is 0 Å². The maximum absolute atomic E-state index is 13.4. The third-order valence-electron chi connectivity index (χ3n) is 8.39. The third kappa shape index (κ3) is 6.73. The molecule has 8 heteroatoms. The van der Waals surface area contributed by atoms with Gasteiger partial charge in [0.05, 0.1) is 12.7 Å². The molecular formula is C31H43N3O5. The molecule has 8 nitrogen and oxygen atoms in total. The number of hydrogen-bond donors (Lipinski definition) is 3. The smallest absolute Gasteiger partial charge is 0.406 e. The molecule has 39 heavy (non-hydrogen) atoms. The second kappa shape index (κ2) is 12.8. The van der Waals surface area contributed by atoms with Gasteiger partial charge in [-0.25, -0.2) is 4.79 Å². The Labute approximate surface area is 231 Å². The first-order valence-electron chi connectivity index (χ1n) is 14.1. The number of ether oxygens (including phenoxy) is 2. The van der Waals surface area contributed by atoms with Crippen molar-refractivity contribution in [2.45, 2.75) is 70.4 Å². The summed E-state index contributed by atoms with van der Waals surface area (Å²) in [5.74, 6) is 1.31. The highest BCUT2D eigenvalue weighted by Gasteiger charge is 2.44. The lowest BCUT2D eigenvalue weighted by Gasteiger charge is -2.44. The maximum atomic E-state index is 13.4. The van der Waals surface area contributed by atoms with Crippen LogP contribution in [0.15, 0.2) is 42.5 Å². The summed E-state index contributed by atoms with van der Waals surface area (Å²) >= 11 is 0. The summed E-state index contributed by atoms with van der Waals surface area (Å²) in [7, 11) is 1.33. The molecule has 2 aromatic rings. The molecule has 4 atom stereocenters. The Morgan fingerprint density at radius 1 is 1.10 bits per heavy atom. The van der Waals surface area contributed by atoms with Crippen molar-refractivity contribution in [1.29, 1.82) is 0 Å². The van der Waals surface area contributed by atoms with E-state index in [0.717, 1.165) is 49.0 Å². The van der Waals surface area contributed by atoms with Crippen molar-refractivity contribution >= 4 is 12.0 Å². The second-order valence-electron chi connectivity index (χ2n) is 11.2. The number of alkyl carbamates (subject to hydrolysis) is 1. The Balaban J connectivity index is 1.63. The van der Waals surface area contributed by atoms with Gasteiger partial charge in [-0.3, -0.25) is 4.79 Å². The van der Waals surface area contributed by atoms with Crippen LogP contribution in [-0.2, 0) is 15.1 Å². The van der Waals surface area contributed by atoms with E-state index in [2.05, 4.69) is 5.32 Å². The van der Waals surface area contributed by atoms with Gasteiger partial charge >= 0.3 is 6.09 Å². The summed E-state index contributed by atoms with van der Waals surface area (Å²) in [5.41, 5.74) is 7.56. The lowest BCUT2D eigenvalue weighted by atomic mass is 9.73. The van der Waals surface area contributed by atoms with Crippen LogP contribution in [0.4, 0.5) is 4.79 Å². The van der Waals surface area contributed by atoms with Crippen molar-refractivity contribution in [2.75, 3.05) is 26.7 Å². The van der Waals surface area contributed by atoms with Crippen molar-refractivity contribution in [3.05, 3.63) is 59.2 Å². The molecule has 2 aliphatic rings. The zero-order valence-corrected chi connectivity index (χ0v) is 23.4. The highest BCUT2D eigenvalue weighted by Crippen LogP contribution is 2.45. The molecule has 1 aliphatic carbocycles. The number of likely N-dealkylation sites (tertiary alicyclic amines) is 1. The van der Waals surface area contributed by atoms with Crippen molar-refractivity contribution in [3.8, 4) is 11.5 Å². The quantitative estimate of drug-likeness (QED) is 0.397. The van der Waals surface area contributed by atoms with Crippen LogP contribution in [0.5, 0.6) is 11.5 Å². The van der Waals surface area contributed by atoms with Crippen LogP contribution in [0.1, 0.15) is 61.6 Å². The van der Waals surface area contributed by atoms with E-state index in [1.165, 1.54) is 7.11 Å². The minimum Gasteiger partial charge on any atom is -0.456 e. The van der Waals surface area contributed by atoms with Crippen molar-refractivity contribution < 1.29 is 24.2 Å². The molecule has 1 unspecified atom stereocenters. The number of aryl methyl sites for hydroxylation is 2. The van der Waals surface area contributed by atoms with E-state index < -0.39 is 11.7 Å². The number of benzene rings is 2. The molecule has 212 valence electrons. The molecule has 2 aromatic carbocycles.